The minimum atomic E-state index is -0.305. The highest BCUT2D eigenvalue weighted by Crippen LogP contribution is 2.14. The van der Waals surface area contributed by atoms with Crippen LogP contribution in [-0.4, -0.2) is 4.92 Å². The number of hydrogen-bond donors (Lipinski definition) is 0. The summed E-state index contributed by atoms with van der Waals surface area (Å²) in [5, 5.41) is 11.2. The van der Waals surface area contributed by atoms with Crippen LogP contribution >= 0.6 is 0 Å². The Morgan fingerprint density at radius 2 is 1.70 bits per heavy atom. The Hall–Kier alpha value is -2.42. The molecule has 0 fully saturated rings. The molecule has 0 bridgehead atoms. The van der Waals surface area contributed by atoms with Crippen molar-refractivity contribution < 1.29 is 4.92 Å². The van der Waals surface area contributed by atoms with E-state index in [-0.39, 0.29) is 10.6 Å². The van der Waals surface area contributed by atoms with Crippen LogP contribution in [0, 0.1) is 10.1 Å². The third-order valence-electron chi connectivity index (χ3n) is 3.18. The molecule has 0 saturated carbocycles. The molecule has 0 heterocycles. The topological polar surface area (TPSA) is 43.1 Å². The molecule has 0 radical (unpaired) electrons. The molecule has 102 valence electrons. The van der Waals surface area contributed by atoms with E-state index in [0.29, 0.717) is 6.42 Å². The van der Waals surface area contributed by atoms with Crippen LogP contribution in [0.5, 0.6) is 0 Å². The predicted octanol–water partition coefficient (Wildman–Crippen LogP) is 4.11. The van der Waals surface area contributed by atoms with Crippen LogP contribution in [0.1, 0.15) is 23.6 Å². The zero-order valence-electron chi connectivity index (χ0n) is 11.5. The van der Waals surface area contributed by atoms with Crippen molar-refractivity contribution >= 4 is 6.08 Å². The van der Waals surface area contributed by atoms with Gasteiger partial charge in [-0.05, 0) is 23.1 Å². The maximum atomic E-state index is 11.2. The molecule has 0 atom stereocenters. The molecule has 0 aliphatic heterocycles. The molecule has 0 aliphatic carbocycles. The van der Waals surface area contributed by atoms with Gasteiger partial charge < -0.3 is 0 Å². The van der Waals surface area contributed by atoms with Crippen molar-refractivity contribution in [2.24, 2.45) is 0 Å². The van der Waals surface area contributed by atoms with E-state index in [0.717, 1.165) is 17.5 Å². The molecule has 2 aromatic rings. The first-order chi connectivity index (χ1) is 9.69. The van der Waals surface area contributed by atoms with E-state index in [4.69, 9.17) is 0 Å². The van der Waals surface area contributed by atoms with Crippen LogP contribution in [0.3, 0.4) is 0 Å². The highest BCUT2D eigenvalue weighted by atomic mass is 16.6. The Morgan fingerprint density at radius 1 is 1.05 bits per heavy atom. The second kappa shape index (κ2) is 6.66. The summed E-state index contributed by atoms with van der Waals surface area (Å²) in [4.78, 5) is 10.9. The van der Waals surface area contributed by atoms with Crippen molar-refractivity contribution in [3.8, 4) is 0 Å². The Balaban J connectivity index is 2.23. The fourth-order valence-electron chi connectivity index (χ4n) is 2.02. The highest BCUT2D eigenvalue weighted by molar-refractivity contribution is 5.52. The first kappa shape index (κ1) is 14.0. The van der Waals surface area contributed by atoms with Crippen LogP contribution in [-0.2, 0) is 12.8 Å². The molecule has 0 unspecified atom stereocenters. The van der Waals surface area contributed by atoms with Crippen molar-refractivity contribution in [1.29, 1.82) is 0 Å². The van der Waals surface area contributed by atoms with Gasteiger partial charge in [-0.25, -0.2) is 0 Å². The van der Waals surface area contributed by atoms with Gasteiger partial charge in [0.05, 0.1) is 11.3 Å². The van der Waals surface area contributed by atoms with Gasteiger partial charge >= 0.3 is 0 Å². The lowest BCUT2D eigenvalue weighted by Crippen LogP contribution is -2.02. The van der Waals surface area contributed by atoms with E-state index in [1.165, 1.54) is 5.56 Å². The third-order valence-corrected chi connectivity index (χ3v) is 3.18. The minimum absolute atomic E-state index is 0.209. The average Bonchev–Trinajstić information content (AvgIpc) is 2.48. The van der Waals surface area contributed by atoms with Crippen molar-refractivity contribution in [2.75, 3.05) is 0 Å². The standard InChI is InChI=1S/C17H17NO2/c1-2-14-8-10-16(11-9-14)13-17(18(19)20)12-15-6-4-3-5-7-15/h3-11,13H,2,12H2,1H3/b17-13+. The normalized spacial score (nSPS) is 11.3. The van der Waals surface area contributed by atoms with E-state index >= 15 is 0 Å². The number of rotatable bonds is 5. The molecular weight excluding hydrogens is 250 g/mol. The first-order valence-electron chi connectivity index (χ1n) is 6.67. The van der Waals surface area contributed by atoms with E-state index < -0.39 is 0 Å². The largest absolute Gasteiger partial charge is 0.259 e. The molecule has 0 aromatic heterocycles. The van der Waals surface area contributed by atoms with E-state index in [2.05, 4.69) is 6.92 Å². The second-order valence-corrected chi connectivity index (χ2v) is 4.65. The molecule has 0 spiro atoms. The number of nitrogens with zero attached hydrogens (tertiary/aromatic N) is 1. The third kappa shape index (κ3) is 3.79. The Bertz CT molecular complexity index is 601. The van der Waals surface area contributed by atoms with Gasteiger partial charge in [0.25, 0.3) is 5.70 Å². The van der Waals surface area contributed by atoms with Crippen LogP contribution in [0.2, 0.25) is 0 Å². The number of hydrogen-bond acceptors (Lipinski definition) is 2. The monoisotopic (exact) mass is 267 g/mol. The fourth-order valence-corrected chi connectivity index (χ4v) is 2.02. The number of benzene rings is 2. The van der Waals surface area contributed by atoms with Gasteiger partial charge in [-0.3, -0.25) is 10.1 Å². The van der Waals surface area contributed by atoms with Crippen LogP contribution in [0.25, 0.3) is 6.08 Å². The molecule has 20 heavy (non-hydrogen) atoms. The van der Waals surface area contributed by atoms with Crippen LogP contribution in [0.4, 0.5) is 0 Å². The number of aryl methyl sites for hydroxylation is 1. The van der Waals surface area contributed by atoms with Gasteiger partial charge in [-0.15, -0.1) is 0 Å². The van der Waals surface area contributed by atoms with E-state index in [1.807, 2.05) is 54.6 Å². The van der Waals surface area contributed by atoms with Crippen LogP contribution < -0.4 is 0 Å². The lowest BCUT2D eigenvalue weighted by molar-refractivity contribution is -0.425. The smallest absolute Gasteiger partial charge is 0.251 e. The minimum Gasteiger partial charge on any atom is -0.259 e. The molecule has 0 aliphatic rings. The molecule has 2 aromatic carbocycles. The number of allylic oxidation sites excluding steroid dienone is 1. The maximum absolute atomic E-state index is 11.2. The van der Waals surface area contributed by atoms with Gasteiger partial charge in [0.1, 0.15) is 0 Å². The van der Waals surface area contributed by atoms with Gasteiger partial charge in [0.2, 0.25) is 0 Å². The predicted molar refractivity (Wildman–Crippen MR) is 80.9 cm³/mol. The lowest BCUT2D eigenvalue weighted by atomic mass is 10.1. The Labute approximate surface area is 118 Å². The molecule has 0 saturated heterocycles. The summed E-state index contributed by atoms with van der Waals surface area (Å²) in [6.45, 7) is 2.09. The van der Waals surface area contributed by atoms with Gasteiger partial charge in [-0.2, -0.15) is 0 Å². The summed E-state index contributed by atoms with van der Waals surface area (Å²) in [6.07, 6.45) is 2.95. The number of nitro groups is 1. The van der Waals surface area contributed by atoms with Crippen molar-refractivity contribution in [3.05, 3.63) is 87.1 Å². The summed E-state index contributed by atoms with van der Waals surface area (Å²) < 4.78 is 0. The maximum Gasteiger partial charge on any atom is 0.251 e. The highest BCUT2D eigenvalue weighted by Gasteiger charge is 2.11. The second-order valence-electron chi connectivity index (χ2n) is 4.65. The first-order valence-corrected chi connectivity index (χ1v) is 6.67. The van der Waals surface area contributed by atoms with Crippen molar-refractivity contribution in [1.82, 2.24) is 0 Å². The fraction of sp³-hybridized carbons (Fsp3) is 0.176. The Morgan fingerprint density at radius 3 is 2.25 bits per heavy atom. The van der Waals surface area contributed by atoms with Gasteiger partial charge in [0, 0.05) is 6.08 Å². The van der Waals surface area contributed by atoms with E-state index in [9.17, 15) is 10.1 Å². The summed E-state index contributed by atoms with van der Waals surface area (Å²) in [5.41, 5.74) is 3.25. The van der Waals surface area contributed by atoms with E-state index in [1.54, 1.807) is 6.08 Å². The SMILES string of the molecule is CCc1ccc(/C=C(\Cc2ccccc2)[N+](=O)[O-])cc1. The zero-order chi connectivity index (χ0) is 14.4. The van der Waals surface area contributed by atoms with Crippen molar-refractivity contribution in [3.63, 3.8) is 0 Å². The molecule has 0 amide bonds. The lowest BCUT2D eigenvalue weighted by Gasteiger charge is -2.01. The summed E-state index contributed by atoms with van der Waals surface area (Å²) in [5.74, 6) is 0. The molecule has 3 nitrogen and oxygen atoms in total. The molecule has 2 rings (SSSR count). The van der Waals surface area contributed by atoms with Gasteiger partial charge in [0.15, 0.2) is 0 Å². The Kier molecular flexibility index (Phi) is 4.66. The molecule has 3 heteroatoms. The van der Waals surface area contributed by atoms with Gasteiger partial charge in [-0.1, -0.05) is 61.5 Å². The van der Waals surface area contributed by atoms with Crippen molar-refractivity contribution in [2.45, 2.75) is 19.8 Å². The molecular formula is C17H17NO2. The quantitative estimate of drug-likeness (QED) is 0.604. The molecule has 0 N–H and O–H groups in total. The van der Waals surface area contributed by atoms with Crippen LogP contribution in [0.15, 0.2) is 60.3 Å². The zero-order valence-corrected chi connectivity index (χ0v) is 11.5. The summed E-state index contributed by atoms with van der Waals surface area (Å²) in [6, 6.07) is 17.3. The average molecular weight is 267 g/mol. The summed E-state index contributed by atoms with van der Waals surface area (Å²) in [7, 11) is 0. The summed E-state index contributed by atoms with van der Waals surface area (Å²) >= 11 is 0.